The second-order valence-corrected chi connectivity index (χ2v) is 6.46. The van der Waals surface area contributed by atoms with Gasteiger partial charge in [0.2, 0.25) is 0 Å². The minimum Gasteiger partial charge on any atom is -0.487 e. The van der Waals surface area contributed by atoms with Crippen LogP contribution in [0.4, 0.5) is 10.1 Å². The molecule has 2 N–H and O–H groups in total. The number of nitrogen functional groups attached to an aromatic ring is 1. The molecule has 2 aliphatic heterocycles. The molecule has 4 heteroatoms. The molecular weight excluding hydrogens is 255 g/mol. The molecule has 2 bridgehead atoms. The zero-order valence-corrected chi connectivity index (χ0v) is 11.6. The third kappa shape index (κ3) is 2.16. The summed E-state index contributed by atoms with van der Waals surface area (Å²) in [7, 11) is 0. The summed E-state index contributed by atoms with van der Waals surface area (Å²) in [4.78, 5) is 2.72. The zero-order valence-electron chi connectivity index (χ0n) is 11.6. The van der Waals surface area contributed by atoms with E-state index in [0.717, 1.165) is 18.9 Å². The molecule has 2 heterocycles. The summed E-state index contributed by atoms with van der Waals surface area (Å²) in [6.07, 6.45) is 7.53. The number of fused-ring (bicyclic) bond motifs is 2. The number of halogens is 1. The van der Waals surface area contributed by atoms with Gasteiger partial charge in [-0.3, -0.25) is 4.90 Å². The predicted octanol–water partition coefficient (Wildman–Crippen LogP) is 2.94. The minimum absolute atomic E-state index is 0.153. The second-order valence-electron chi connectivity index (χ2n) is 6.46. The van der Waals surface area contributed by atoms with Crippen LogP contribution in [0.2, 0.25) is 0 Å². The summed E-state index contributed by atoms with van der Waals surface area (Å²) in [5.41, 5.74) is 6.01. The number of nitrogens with two attached hydrogens (primary N) is 1. The molecule has 108 valence electrons. The quantitative estimate of drug-likeness (QED) is 0.863. The number of nitrogens with zero attached hydrogens (tertiary/aromatic N) is 1. The first-order valence-electron chi connectivity index (χ1n) is 7.70. The number of hydrogen-bond donors (Lipinski definition) is 1. The van der Waals surface area contributed by atoms with Crippen LogP contribution >= 0.6 is 0 Å². The lowest BCUT2D eigenvalue weighted by Gasteiger charge is -2.39. The highest BCUT2D eigenvalue weighted by atomic mass is 19.1. The number of piperidine rings is 1. The van der Waals surface area contributed by atoms with E-state index in [9.17, 15) is 4.39 Å². The Kier molecular flexibility index (Phi) is 2.88. The molecule has 2 atom stereocenters. The van der Waals surface area contributed by atoms with Gasteiger partial charge in [0.15, 0.2) is 11.6 Å². The fraction of sp³-hybridized carbons (Fsp3) is 0.625. The molecular formula is C16H21FN2O. The Labute approximate surface area is 118 Å². The highest BCUT2D eigenvalue weighted by molar-refractivity contribution is 5.42. The Bertz CT molecular complexity index is 503. The van der Waals surface area contributed by atoms with Gasteiger partial charge in [-0.05, 0) is 50.7 Å². The van der Waals surface area contributed by atoms with E-state index in [0.29, 0.717) is 23.5 Å². The maximum absolute atomic E-state index is 13.8. The number of anilines is 1. The molecule has 0 radical (unpaired) electrons. The fourth-order valence-electron chi connectivity index (χ4n) is 4.02. The third-order valence-electron chi connectivity index (χ3n) is 4.96. The summed E-state index contributed by atoms with van der Waals surface area (Å²) in [5.74, 6) is 0.00504. The van der Waals surface area contributed by atoms with Crippen molar-refractivity contribution in [1.29, 1.82) is 0 Å². The predicted molar refractivity (Wildman–Crippen MR) is 76.1 cm³/mol. The molecule has 3 fully saturated rings. The first-order valence-corrected chi connectivity index (χ1v) is 7.70. The van der Waals surface area contributed by atoms with Gasteiger partial charge in [-0.15, -0.1) is 0 Å². The van der Waals surface area contributed by atoms with Crippen molar-refractivity contribution in [3.63, 3.8) is 0 Å². The number of ether oxygens (including phenoxy) is 1. The maximum Gasteiger partial charge on any atom is 0.167 e. The summed E-state index contributed by atoms with van der Waals surface area (Å²) in [5, 5.41) is 0. The first-order chi connectivity index (χ1) is 9.70. The van der Waals surface area contributed by atoms with Crippen LogP contribution in [-0.4, -0.2) is 29.1 Å². The van der Waals surface area contributed by atoms with Gasteiger partial charge in [-0.1, -0.05) is 0 Å². The van der Waals surface area contributed by atoms with Gasteiger partial charge in [0.25, 0.3) is 0 Å². The van der Waals surface area contributed by atoms with E-state index in [1.54, 1.807) is 12.1 Å². The molecule has 1 aliphatic carbocycles. The molecule has 3 nitrogen and oxygen atoms in total. The van der Waals surface area contributed by atoms with Gasteiger partial charge >= 0.3 is 0 Å². The maximum atomic E-state index is 13.8. The number of benzene rings is 1. The van der Waals surface area contributed by atoms with Crippen LogP contribution in [0.5, 0.6) is 5.75 Å². The molecule has 1 aromatic carbocycles. The van der Waals surface area contributed by atoms with Crippen molar-refractivity contribution in [3.8, 4) is 5.75 Å². The standard InChI is InChI=1S/C16H21FN2O/c17-15-7-10(18)1-6-16(15)20-14-8-12-4-5-13(9-14)19(12)11-2-3-11/h1,6-7,11-14H,2-5,8-9,18H2. The highest BCUT2D eigenvalue weighted by Crippen LogP contribution is 2.44. The summed E-state index contributed by atoms with van der Waals surface area (Å²) in [6, 6.07) is 6.84. The Morgan fingerprint density at radius 3 is 2.30 bits per heavy atom. The largest absolute Gasteiger partial charge is 0.487 e. The van der Waals surface area contributed by atoms with E-state index in [1.807, 2.05) is 0 Å². The summed E-state index contributed by atoms with van der Waals surface area (Å²) >= 11 is 0. The lowest BCUT2D eigenvalue weighted by Crippen LogP contribution is -2.47. The van der Waals surface area contributed by atoms with E-state index < -0.39 is 0 Å². The molecule has 0 aromatic heterocycles. The SMILES string of the molecule is Nc1ccc(OC2CC3CCC(C2)N3C2CC2)c(F)c1. The van der Waals surface area contributed by atoms with Gasteiger partial charge < -0.3 is 10.5 Å². The van der Waals surface area contributed by atoms with Crippen LogP contribution in [0.15, 0.2) is 18.2 Å². The molecule has 0 amide bonds. The van der Waals surface area contributed by atoms with Crippen molar-refractivity contribution in [2.45, 2.75) is 62.8 Å². The Hall–Kier alpha value is -1.29. The average Bonchev–Trinajstić information content (AvgIpc) is 3.21. The van der Waals surface area contributed by atoms with Crippen LogP contribution in [0.3, 0.4) is 0 Å². The summed E-state index contributed by atoms with van der Waals surface area (Å²) < 4.78 is 19.7. The van der Waals surface area contributed by atoms with Gasteiger partial charge in [-0.25, -0.2) is 4.39 Å². The van der Waals surface area contributed by atoms with Crippen molar-refractivity contribution in [2.75, 3.05) is 5.73 Å². The first kappa shape index (κ1) is 12.5. The van der Waals surface area contributed by atoms with E-state index in [2.05, 4.69) is 4.90 Å². The monoisotopic (exact) mass is 276 g/mol. The smallest absolute Gasteiger partial charge is 0.167 e. The third-order valence-corrected chi connectivity index (χ3v) is 4.96. The topological polar surface area (TPSA) is 38.5 Å². The van der Waals surface area contributed by atoms with E-state index >= 15 is 0 Å². The van der Waals surface area contributed by atoms with E-state index in [1.165, 1.54) is 31.7 Å². The number of hydrogen-bond acceptors (Lipinski definition) is 3. The highest BCUT2D eigenvalue weighted by Gasteiger charge is 2.47. The molecule has 20 heavy (non-hydrogen) atoms. The second kappa shape index (κ2) is 4.62. The zero-order chi connectivity index (χ0) is 13.7. The molecule has 4 rings (SSSR count). The van der Waals surface area contributed by atoms with Crippen LogP contribution in [0.25, 0.3) is 0 Å². The van der Waals surface area contributed by atoms with Crippen LogP contribution in [-0.2, 0) is 0 Å². The average molecular weight is 276 g/mol. The molecule has 1 aromatic rings. The van der Waals surface area contributed by atoms with Crippen molar-refractivity contribution in [3.05, 3.63) is 24.0 Å². The Balaban J connectivity index is 1.46. The Morgan fingerprint density at radius 1 is 1.05 bits per heavy atom. The lowest BCUT2D eigenvalue weighted by atomic mass is 9.99. The van der Waals surface area contributed by atoms with Crippen molar-refractivity contribution in [1.82, 2.24) is 4.90 Å². The Morgan fingerprint density at radius 2 is 1.70 bits per heavy atom. The van der Waals surface area contributed by atoms with Gasteiger partial charge in [0.1, 0.15) is 6.10 Å². The van der Waals surface area contributed by atoms with Crippen LogP contribution in [0, 0.1) is 5.82 Å². The van der Waals surface area contributed by atoms with E-state index in [-0.39, 0.29) is 11.9 Å². The van der Waals surface area contributed by atoms with Crippen molar-refractivity contribution >= 4 is 5.69 Å². The minimum atomic E-state index is -0.345. The van der Waals surface area contributed by atoms with Crippen LogP contribution < -0.4 is 10.5 Å². The van der Waals surface area contributed by atoms with Crippen LogP contribution in [0.1, 0.15) is 38.5 Å². The van der Waals surface area contributed by atoms with Gasteiger partial charge in [-0.2, -0.15) is 0 Å². The molecule has 0 spiro atoms. The molecule has 2 saturated heterocycles. The fourth-order valence-corrected chi connectivity index (χ4v) is 4.02. The molecule has 2 unspecified atom stereocenters. The lowest BCUT2D eigenvalue weighted by molar-refractivity contribution is 0.0424. The number of rotatable bonds is 3. The molecule has 3 aliphatic rings. The van der Waals surface area contributed by atoms with E-state index in [4.69, 9.17) is 10.5 Å². The normalized spacial score (nSPS) is 33.4. The van der Waals surface area contributed by atoms with Crippen molar-refractivity contribution < 1.29 is 9.13 Å². The van der Waals surface area contributed by atoms with Crippen molar-refractivity contribution in [2.24, 2.45) is 0 Å². The summed E-state index contributed by atoms with van der Waals surface area (Å²) in [6.45, 7) is 0. The van der Waals surface area contributed by atoms with Gasteiger partial charge in [0, 0.05) is 29.9 Å². The molecule has 1 saturated carbocycles. The van der Waals surface area contributed by atoms with Gasteiger partial charge in [0.05, 0.1) is 0 Å².